The first kappa shape index (κ1) is 13.2. The third-order valence-electron chi connectivity index (χ3n) is 2.68. The Morgan fingerprint density at radius 1 is 1.16 bits per heavy atom. The molecule has 0 aromatic carbocycles. The normalized spacial score (nSPS) is 10.2. The highest BCUT2D eigenvalue weighted by molar-refractivity contribution is 5.94. The molecule has 2 aromatic rings. The Hall–Kier alpha value is -2.27. The fourth-order valence-electron chi connectivity index (χ4n) is 1.68. The summed E-state index contributed by atoms with van der Waals surface area (Å²) in [6.45, 7) is 0.880. The van der Waals surface area contributed by atoms with E-state index in [1.165, 1.54) is 0 Å². The number of rotatable bonds is 5. The van der Waals surface area contributed by atoms with Gasteiger partial charge < -0.3 is 11.1 Å². The summed E-state index contributed by atoms with van der Waals surface area (Å²) in [6.07, 6.45) is 4.05. The number of aromatic nitrogens is 2. The average Bonchev–Trinajstić information content (AvgIpc) is 2.48. The van der Waals surface area contributed by atoms with Gasteiger partial charge in [0.2, 0.25) is 0 Å². The molecule has 0 atom stereocenters. The predicted molar refractivity (Wildman–Crippen MR) is 72.4 cm³/mol. The second kappa shape index (κ2) is 6.61. The maximum absolute atomic E-state index is 11.9. The highest BCUT2D eigenvalue weighted by Crippen LogP contribution is 2.01. The lowest BCUT2D eigenvalue weighted by molar-refractivity contribution is 0.0954. The Bertz CT molecular complexity index is 542. The molecule has 2 rings (SSSR count). The molecule has 0 unspecified atom stereocenters. The van der Waals surface area contributed by atoms with Crippen molar-refractivity contribution in [2.24, 2.45) is 5.73 Å². The van der Waals surface area contributed by atoms with Crippen LogP contribution >= 0.6 is 0 Å². The van der Waals surface area contributed by atoms with Crippen LogP contribution in [0.15, 0.2) is 42.7 Å². The van der Waals surface area contributed by atoms with Gasteiger partial charge in [0.15, 0.2) is 0 Å². The van der Waals surface area contributed by atoms with Crippen molar-refractivity contribution < 1.29 is 4.79 Å². The fraction of sp³-hybridized carbons (Fsp3) is 0.214. The number of carbonyl (C=O) groups excluding carboxylic acids is 1. The summed E-state index contributed by atoms with van der Waals surface area (Å²) in [7, 11) is 0. The topological polar surface area (TPSA) is 80.9 Å². The van der Waals surface area contributed by atoms with Crippen molar-refractivity contribution >= 4 is 5.91 Å². The molecule has 2 heterocycles. The van der Waals surface area contributed by atoms with Crippen LogP contribution in [0, 0.1) is 0 Å². The number of carbonyl (C=O) groups is 1. The number of nitrogens with zero attached hydrogens (tertiary/aromatic N) is 2. The van der Waals surface area contributed by atoms with Gasteiger partial charge in [0.25, 0.3) is 5.91 Å². The fourth-order valence-corrected chi connectivity index (χ4v) is 1.68. The van der Waals surface area contributed by atoms with Crippen LogP contribution in [0.4, 0.5) is 0 Å². The number of hydrogen-bond acceptors (Lipinski definition) is 4. The summed E-state index contributed by atoms with van der Waals surface area (Å²) in [5, 5.41) is 2.85. The van der Waals surface area contributed by atoms with Crippen molar-refractivity contribution in [2.75, 3.05) is 6.54 Å². The quantitative estimate of drug-likeness (QED) is 0.833. The third kappa shape index (κ3) is 3.86. The zero-order valence-corrected chi connectivity index (χ0v) is 10.5. The van der Waals surface area contributed by atoms with Gasteiger partial charge in [-0.25, -0.2) is 0 Å². The Labute approximate surface area is 111 Å². The van der Waals surface area contributed by atoms with Crippen molar-refractivity contribution in [3.8, 4) is 0 Å². The number of pyridine rings is 2. The summed E-state index contributed by atoms with van der Waals surface area (Å²) in [5.74, 6) is -0.118. The first-order valence-electron chi connectivity index (χ1n) is 6.12. The molecular formula is C14H16N4O. The van der Waals surface area contributed by atoms with Crippen LogP contribution in [0.3, 0.4) is 0 Å². The molecule has 0 saturated carbocycles. The van der Waals surface area contributed by atoms with Crippen molar-refractivity contribution in [1.29, 1.82) is 0 Å². The van der Waals surface area contributed by atoms with Crippen molar-refractivity contribution in [3.63, 3.8) is 0 Å². The minimum Gasteiger partial charge on any atom is -0.352 e. The van der Waals surface area contributed by atoms with Gasteiger partial charge in [-0.05, 0) is 24.3 Å². The number of nitrogens with one attached hydrogen (secondary N) is 1. The van der Waals surface area contributed by atoms with E-state index in [1.54, 1.807) is 24.5 Å². The Morgan fingerprint density at radius 2 is 2.00 bits per heavy atom. The summed E-state index contributed by atoms with van der Waals surface area (Å²) in [5.41, 5.74) is 7.74. The van der Waals surface area contributed by atoms with Crippen molar-refractivity contribution in [1.82, 2.24) is 15.3 Å². The average molecular weight is 256 g/mol. The molecule has 1 amide bonds. The van der Waals surface area contributed by atoms with Crippen LogP contribution in [0.2, 0.25) is 0 Å². The third-order valence-corrected chi connectivity index (χ3v) is 2.68. The van der Waals surface area contributed by atoms with Crippen molar-refractivity contribution in [3.05, 3.63) is 59.7 Å². The van der Waals surface area contributed by atoms with Gasteiger partial charge in [-0.2, -0.15) is 0 Å². The Balaban J connectivity index is 1.87. The zero-order valence-electron chi connectivity index (χ0n) is 10.5. The van der Waals surface area contributed by atoms with Gasteiger partial charge in [0.1, 0.15) is 0 Å². The molecule has 5 nitrogen and oxygen atoms in total. The van der Waals surface area contributed by atoms with E-state index < -0.39 is 0 Å². The highest BCUT2D eigenvalue weighted by Gasteiger charge is 2.05. The molecule has 0 bridgehead atoms. The molecular weight excluding hydrogens is 240 g/mol. The minimum atomic E-state index is -0.118. The van der Waals surface area contributed by atoms with E-state index in [1.807, 2.05) is 18.2 Å². The van der Waals surface area contributed by atoms with E-state index in [0.29, 0.717) is 30.8 Å². The Kier molecular flexibility index (Phi) is 4.58. The van der Waals surface area contributed by atoms with E-state index >= 15 is 0 Å². The zero-order chi connectivity index (χ0) is 13.5. The summed E-state index contributed by atoms with van der Waals surface area (Å²) >= 11 is 0. The van der Waals surface area contributed by atoms with E-state index in [0.717, 1.165) is 5.69 Å². The first-order chi connectivity index (χ1) is 9.29. The molecule has 0 aliphatic rings. The van der Waals surface area contributed by atoms with E-state index in [-0.39, 0.29) is 5.91 Å². The van der Waals surface area contributed by atoms with Crippen molar-refractivity contribution in [2.45, 2.75) is 13.0 Å². The van der Waals surface area contributed by atoms with Crippen LogP contribution < -0.4 is 11.1 Å². The van der Waals surface area contributed by atoms with Gasteiger partial charge in [0.05, 0.1) is 5.69 Å². The molecule has 2 aromatic heterocycles. The Morgan fingerprint density at radius 3 is 2.74 bits per heavy atom. The van der Waals surface area contributed by atoms with Gasteiger partial charge >= 0.3 is 0 Å². The molecule has 19 heavy (non-hydrogen) atoms. The largest absolute Gasteiger partial charge is 0.352 e. The maximum atomic E-state index is 11.9. The van der Waals surface area contributed by atoms with E-state index in [2.05, 4.69) is 15.3 Å². The van der Waals surface area contributed by atoms with Crippen LogP contribution in [-0.4, -0.2) is 22.4 Å². The summed E-state index contributed by atoms with van der Waals surface area (Å²) < 4.78 is 0. The lowest BCUT2D eigenvalue weighted by Crippen LogP contribution is -2.26. The standard InChI is InChI=1S/C14H16N4O/c15-10-13-9-11(4-7-17-13)14(19)18-8-5-12-3-1-2-6-16-12/h1-4,6-7,9H,5,8,10,15H2,(H,18,19). The number of hydrogen-bond donors (Lipinski definition) is 2. The van der Waals surface area contributed by atoms with Gasteiger partial charge in [-0.1, -0.05) is 6.07 Å². The molecule has 0 aliphatic carbocycles. The molecule has 5 heteroatoms. The summed E-state index contributed by atoms with van der Waals surface area (Å²) in [6, 6.07) is 9.12. The lowest BCUT2D eigenvalue weighted by atomic mass is 10.2. The molecule has 3 N–H and O–H groups in total. The molecule has 0 radical (unpaired) electrons. The maximum Gasteiger partial charge on any atom is 0.251 e. The van der Waals surface area contributed by atoms with Gasteiger partial charge in [-0.15, -0.1) is 0 Å². The lowest BCUT2D eigenvalue weighted by Gasteiger charge is -2.05. The van der Waals surface area contributed by atoms with E-state index in [4.69, 9.17) is 5.73 Å². The number of nitrogens with two attached hydrogens (primary N) is 1. The second-order valence-electron chi connectivity index (χ2n) is 4.07. The monoisotopic (exact) mass is 256 g/mol. The minimum absolute atomic E-state index is 0.118. The molecule has 0 fully saturated rings. The van der Waals surface area contributed by atoms with Gasteiger partial charge in [0, 0.05) is 43.2 Å². The van der Waals surface area contributed by atoms with Crippen LogP contribution in [0.25, 0.3) is 0 Å². The highest BCUT2D eigenvalue weighted by atomic mass is 16.1. The van der Waals surface area contributed by atoms with Crippen LogP contribution in [0.5, 0.6) is 0 Å². The van der Waals surface area contributed by atoms with Gasteiger partial charge in [-0.3, -0.25) is 14.8 Å². The van der Waals surface area contributed by atoms with E-state index in [9.17, 15) is 4.79 Å². The van der Waals surface area contributed by atoms with Crippen LogP contribution in [0.1, 0.15) is 21.7 Å². The molecule has 0 saturated heterocycles. The second-order valence-corrected chi connectivity index (χ2v) is 4.07. The molecule has 98 valence electrons. The SMILES string of the molecule is NCc1cc(C(=O)NCCc2ccccn2)ccn1. The molecule has 0 spiro atoms. The molecule has 0 aliphatic heterocycles. The predicted octanol–water partition coefficient (Wildman–Crippen LogP) is 0.908. The van der Waals surface area contributed by atoms with Crippen LogP contribution in [-0.2, 0) is 13.0 Å². The smallest absolute Gasteiger partial charge is 0.251 e. The summed E-state index contributed by atoms with van der Waals surface area (Å²) in [4.78, 5) is 20.2. The number of amides is 1. The first-order valence-corrected chi connectivity index (χ1v) is 6.12.